The summed E-state index contributed by atoms with van der Waals surface area (Å²) in [6.07, 6.45) is 1.42. The number of anilines is 3. The van der Waals surface area contributed by atoms with Gasteiger partial charge >= 0.3 is 5.97 Å². The predicted octanol–water partition coefficient (Wildman–Crippen LogP) is 4.53. The molecule has 0 saturated carbocycles. The summed E-state index contributed by atoms with van der Waals surface area (Å²) >= 11 is 0. The fourth-order valence-corrected chi connectivity index (χ4v) is 2.43. The molecule has 2 aromatic carbocycles. The van der Waals surface area contributed by atoms with Gasteiger partial charge in [0.15, 0.2) is 11.6 Å². The third-order valence-electron chi connectivity index (χ3n) is 3.87. The number of rotatable bonds is 6. The summed E-state index contributed by atoms with van der Waals surface area (Å²) in [5, 5.41) is 5.62. The molecule has 0 radical (unpaired) electrons. The number of carbonyl (C=O) groups is 2. The Morgan fingerprint density at radius 2 is 1.62 bits per heavy atom. The van der Waals surface area contributed by atoms with Crippen LogP contribution >= 0.6 is 0 Å². The molecule has 3 aromatic rings. The third kappa shape index (κ3) is 5.13. The molecule has 0 spiro atoms. The van der Waals surface area contributed by atoms with Crippen molar-refractivity contribution in [1.82, 2.24) is 4.98 Å². The lowest BCUT2D eigenvalue weighted by Gasteiger charge is -2.09. The van der Waals surface area contributed by atoms with Crippen molar-refractivity contribution in [2.24, 2.45) is 0 Å². The molecule has 0 saturated heterocycles. The van der Waals surface area contributed by atoms with Gasteiger partial charge in [0.25, 0.3) is 5.91 Å². The average molecular weight is 397 g/mol. The number of aromatic nitrogens is 1. The van der Waals surface area contributed by atoms with E-state index in [1.165, 1.54) is 12.3 Å². The van der Waals surface area contributed by atoms with Gasteiger partial charge in [0, 0.05) is 11.3 Å². The Bertz CT molecular complexity index is 1020. The minimum atomic E-state index is -1.09. The first-order valence-corrected chi connectivity index (χ1v) is 8.73. The van der Waals surface area contributed by atoms with Gasteiger partial charge in [0.1, 0.15) is 5.82 Å². The fourth-order valence-electron chi connectivity index (χ4n) is 2.43. The van der Waals surface area contributed by atoms with Gasteiger partial charge in [-0.25, -0.2) is 18.6 Å². The second-order valence-corrected chi connectivity index (χ2v) is 5.94. The molecule has 0 atom stereocenters. The molecule has 1 aromatic heterocycles. The number of nitrogens with one attached hydrogen (secondary N) is 2. The quantitative estimate of drug-likeness (QED) is 0.598. The van der Waals surface area contributed by atoms with Crippen LogP contribution in [0.3, 0.4) is 0 Å². The van der Waals surface area contributed by atoms with E-state index in [4.69, 9.17) is 4.74 Å². The van der Waals surface area contributed by atoms with Crippen molar-refractivity contribution in [3.63, 3.8) is 0 Å². The van der Waals surface area contributed by atoms with Crippen LogP contribution in [0.4, 0.5) is 26.0 Å². The lowest BCUT2D eigenvalue weighted by atomic mass is 10.2. The highest BCUT2D eigenvalue weighted by atomic mass is 19.2. The number of hydrogen-bond donors (Lipinski definition) is 2. The third-order valence-corrected chi connectivity index (χ3v) is 3.87. The van der Waals surface area contributed by atoms with Crippen molar-refractivity contribution in [2.45, 2.75) is 6.92 Å². The lowest BCUT2D eigenvalue weighted by molar-refractivity contribution is 0.0526. The number of ether oxygens (including phenoxy) is 1. The minimum Gasteiger partial charge on any atom is -0.462 e. The van der Waals surface area contributed by atoms with Gasteiger partial charge in [0.05, 0.1) is 24.1 Å². The zero-order valence-electron chi connectivity index (χ0n) is 15.4. The number of esters is 1. The van der Waals surface area contributed by atoms with Crippen LogP contribution in [0.15, 0.2) is 60.8 Å². The summed E-state index contributed by atoms with van der Waals surface area (Å²) in [6, 6.07) is 12.9. The number of benzene rings is 2. The second kappa shape index (κ2) is 8.92. The molecule has 29 heavy (non-hydrogen) atoms. The van der Waals surface area contributed by atoms with E-state index in [9.17, 15) is 18.4 Å². The molecule has 8 heteroatoms. The van der Waals surface area contributed by atoms with E-state index in [0.29, 0.717) is 29.4 Å². The number of pyridine rings is 1. The Labute approximate surface area is 165 Å². The van der Waals surface area contributed by atoms with Crippen molar-refractivity contribution in [1.29, 1.82) is 0 Å². The average Bonchev–Trinajstić information content (AvgIpc) is 2.72. The molecule has 1 heterocycles. The van der Waals surface area contributed by atoms with Crippen molar-refractivity contribution >= 4 is 29.1 Å². The van der Waals surface area contributed by atoms with E-state index in [2.05, 4.69) is 15.6 Å². The van der Waals surface area contributed by atoms with Crippen LogP contribution in [-0.4, -0.2) is 23.5 Å². The highest BCUT2D eigenvalue weighted by Gasteiger charge is 2.10. The van der Waals surface area contributed by atoms with Crippen LogP contribution in [0.2, 0.25) is 0 Å². The van der Waals surface area contributed by atoms with E-state index in [0.717, 1.165) is 12.1 Å². The van der Waals surface area contributed by atoms with Gasteiger partial charge < -0.3 is 15.4 Å². The summed E-state index contributed by atoms with van der Waals surface area (Å²) in [5.41, 5.74) is 1.54. The number of hydrogen-bond acceptors (Lipinski definition) is 5. The van der Waals surface area contributed by atoms with Gasteiger partial charge in [-0.1, -0.05) is 0 Å². The largest absolute Gasteiger partial charge is 0.462 e. The SMILES string of the molecule is CCOC(=O)c1ccc(Nc2ccc(NC(=O)c3ccc(F)c(F)c3)cn2)cc1. The molecular formula is C21H17F2N3O3. The normalized spacial score (nSPS) is 10.3. The number of amides is 1. The molecule has 0 aliphatic heterocycles. The van der Waals surface area contributed by atoms with Crippen molar-refractivity contribution in [3.8, 4) is 0 Å². The Morgan fingerprint density at radius 1 is 0.931 bits per heavy atom. The van der Waals surface area contributed by atoms with Crippen molar-refractivity contribution < 1.29 is 23.1 Å². The molecule has 148 valence electrons. The maximum atomic E-state index is 13.2. The summed E-state index contributed by atoms with van der Waals surface area (Å²) < 4.78 is 31.1. The maximum Gasteiger partial charge on any atom is 0.338 e. The topological polar surface area (TPSA) is 80.3 Å². The first-order valence-electron chi connectivity index (χ1n) is 8.73. The Kier molecular flexibility index (Phi) is 6.13. The monoisotopic (exact) mass is 397 g/mol. The molecule has 0 fully saturated rings. The van der Waals surface area contributed by atoms with Crippen LogP contribution in [0.25, 0.3) is 0 Å². The van der Waals surface area contributed by atoms with Gasteiger partial charge in [0.2, 0.25) is 0 Å². The second-order valence-electron chi connectivity index (χ2n) is 5.94. The first kappa shape index (κ1) is 19.9. The number of nitrogens with zero attached hydrogens (tertiary/aromatic N) is 1. The molecule has 6 nitrogen and oxygen atoms in total. The summed E-state index contributed by atoms with van der Waals surface area (Å²) in [6.45, 7) is 2.05. The molecule has 3 rings (SSSR count). The van der Waals surface area contributed by atoms with Gasteiger partial charge in [-0.2, -0.15) is 0 Å². The molecule has 0 bridgehead atoms. The van der Waals surface area contributed by atoms with Crippen molar-refractivity contribution in [2.75, 3.05) is 17.2 Å². The molecule has 1 amide bonds. The Balaban J connectivity index is 1.62. The summed E-state index contributed by atoms with van der Waals surface area (Å²) in [4.78, 5) is 27.9. The van der Waals surface area contributed by atoms with E-state index < -0.39 is 23.5 Å². The van der Waals surface area contributed by atoms with Crippen LogP contribution in [-0.2, 0) is 4.74 Å². The summed E-state index contributed by atoms with van der Waals surface area (Å²) in [5.74, 6) is -2.57. The van der Waals surface area contributed by atoms with Crippen LogP contribution in [0.1, 0.15) is 27.6 Å². The fraction of sp³-hybridized carbons (Fsp3) is 0.0952. The van der Waals surface area contributed by atoms with Crippen LogP contribution < -0.4 is 10.6 Å². The van der Waals surface area contributed by atoms with Gasteiger partial charge in [-0.05, 0) is 61.5 Å². The zero-order chi connectivity index (χ0) is 20.8. The first-order chi connectivity index (χ1) is 14.0. The highest BCUT2D eigenvalue weighted by molar-refractivity contribution is 6.04. The highest BCUT2D eigenvalue weighted by Crippen LogP contribution is 2.18. The van der Waals surface area contributed by atoms with E-state index in [1.807, 2.05) is 0 Å². The van der Waals surface area contributed by atoms with Crippen LogP contribution in [0, 0.1) is 11.6 Å². The molecular weight excluding hydrogens is 380 g/mol. The number of halogens is 2. The van der Waals surface area contributed by atoms with E-state index >= 15 is 0 Å². The van der Waals surface area contributed by atoms with Gasteiger partial charge in [-0.3, -0.25) is 4.79 Å². The molecule has 0 aliphatic carbocycles. The molecule has 0 aliphatic rings. The predicted molar refractivity (Wildman–Crippen MR) is 104 cm³/mol. The maximum absolute atomic E-state index is 13.2. The smallest absolute Gasteiger partial charge is 0.338 e. The van der Waals surface area contributed by atoms with Crippen molar-refractivity contribution in [3.05, 3.63) is 83.6 Å². The summed E-state index contributed by atoms with van der Waals surface area (Å²) in [7, 11) is 0. The minimum absolute atomic E-state index is 0.00667. The molecule has 2 N–H and O–H groups in total. The standard InChI is InChI=1S/C21H17F2N3O3/c1-2-29-21(28)13-3-6-15(7-4-13)25-19-10-8-16(12-24-19)26-20(27)14-5-9-17(22)18(23)11-14/h3-12H,2H2,1H3,(H,24,25)(H,26,27). The van der Waals surface area contributed by atoms with Gasteiger partial charge in [-0.15, -0.1) is 0 Å². The Morgan fingerprint density at radius 3 is 2.24 bits per heavy atom. The Hall–Kier alpha value is -3.81. The zero-order valence-corrected chi connectivity index (χ0v) is 15.4. The van der Waals surface area contributed by atoms with Crippen LogP contribution in [0.5, 0.6) is 0 Å². The van der Waals surface area contributed by atoms with E-state index in [-0.39, 0.29) is 5.56 Å². The number of carbonyl (C=O) groups excluding carboxylic acids is 2. The molecule has 0 unspecified atom stereocenters. The lowest BCUT2D eigenvalue weighted by Crippen LogP contribution is -2.12. The van der Waals surface area contributed by atoms with E-state index in [1.54, 1.807) is 43.3 Å².